The van der Waals surface area contributed by atoms with Crippen LogP contribution in [0.2, 0.25) is 0 Å². The highest BCUT2D eigenvalue weighted by Gasteiger charge is 2.19. The van der Waals surface area contributed by atoms with Gasteiger partial charge in [-0.25, -0.2) is 13.5 Å². The molecule has 0 fully saturated rings. The summed E-state index contributed by atoms with van der Waals surface area (Å²) in [7, 11) is -3.45. The summed E-state index contributed by atoms with van der Waals surface area (Å²) in [6.45, 7) is 1.71. The van der Waals surface area contributed by atoms with E-state index in [1.54, 1.807) is 31.2 Å². The summed E-state index contributed by atoms with van der Waals surface area (Å²) in [6.07, 6.45) is 1.09. The van der Waals surface area contributed by atoms with Crippen LogP contribution in [0.5, 0.6) is 11.5 Å². The van der Waals surface area contributed by atoms with Gasteiger partial charge < -0.3 is 4.74 Å². The van der Waals surface area contributed by atoms with E-state index in [9.17, 15) is 13.2 Å². The Labute approximate surface area is 185 Å². The molecule has 0 spiro atoms. The molecule has 0 aliphatic carbocycles. The SMILES string of the molecule is Cc1c(-c2cccc(NS(C)(=O)=O)c2)c(-c2ccccc2Oc2ccccc2)n[nH]c1=O. The van der Waals surface area contributed by atoms with Crippen LogP contribution in [-0.2, 0) is 10.0 Å². The van der Waals surface area contributed by atoms with E-state index < -0.39 is 10.0 Å². The Balaban J connectivity index is 1.88. The van der Waals surface area contributed by atoms with Gasteiger partial charge in [-0.3, -0.25) is 9.52 Å². The minimum Gasteiger partial charge on any atom is -0.457 e. The van der Waals surface area contributed by atoms with Gasteiger partial charge in [0, 0.05) is 22.4 Å². The number of aromatic amines is 1. The predicted molar refractivity (Wildman–Crippen MR) is 125 cm³/mol. The summed E-state index contributed by atoms with van der Waals surface area (Å²) in [4.78, 5) is 12.4. The number of benzene rings is 3. The highest BCUT2D eigenvalue weighted by molar-refractivity contribution is 7.92. The van der Waals surface area contributed by atoms with E-state index in [0.29, 0.717) is 45.1 Å². The van der Waals surface area contributed by atoms with Crippen LogP contribution < -0.4 is 15.0 Å². The average molecular weight is 448 g/mol. The van der Waals surface area contributed by atoms with E-state index in [1.807, 2.05) is 54.6 Å². The van der Waals surface area contributed by atoms with E-state index >= 15 is 0 Å². The molecule has 0 amide bonds. The van der Waals surface area contributed by atoms with Gasteiger partial charge in [0.25, 0.3) is 5.56 Å². The molecular weight excluding hydrogens is 426 g/mol. The lowest BCUT2D eigenvalue weighted by Gasteiger charge is -2.16. The molecule has 1 aromatic heterocycles. The molecule has 0 bridgehead atoms. The van der Waals surface area contributed by atoms with E-state index in [2.05, 4.69) is 14.9 Å². The van der Waals surface area contributed by atoms with Crippen molar-refractivity contribution in [1.29, 1.82) is 0 Å². The number of nitrogens with zero attached hydrogens (tertiary/aromatic N) is 1. The van der Waals surface area contributed by atoms with Crippen molar-refractivity contribution in [2.45, 2.75) is 6.92 Å². The van der Waals surface area contributed by atoms with Crippen LogP contribution in [0.25, 0.3) is 22.4 Å². The maximum Gasteiger partial charge on any atom is 0.267 e. The zero-order chi connectivity index (χ0) is 22.7. The third-order valence-electron chi connectivity index (χ3n) is 4.79. The van der Waals surface area contributed by atoms with Crippen molar-refractivity contribution in [3.63, 3.8) is 0 Å². The molecule has 0 saturated carbocycles. The molecule has 0 radical (unpaired) electrons. The lowest BCUT2D eigenvalue weighted by molar-refractivity contribution is 0.484. The minimum atomic E-state index is -3.45. The third-order valence-corrected chi connectivity index (χ3v) is 5.40. The van der Waals surface area contributed by atoms with Crippen molar-refractivity contribution in [3.8, 4) is 33.9 Å². The molecular formula is C24H21N3O4S. The molecule has 2 N–H and O–H groups in total. The number of anilines is 1. The molecule has 8 heteroatoms. The second kappa shape index (κ2) is 8.68. The molecule has 4 rings (SSSR count). The quantitative estimate of drug-likeness (QED) is 0.451. The molecule has 32 heavy (non-hydrogen) atoms. The fourth-order valence-electron chi connectivity index (χ4n) is 3.40. The molecule has 0 aliphatic heterocycles. The second-order valence-corrected chi connectivity index (χ2v) is 9.02. The van der Waals surface area contributed by atoms with Crippen molar-refractivity contribution in [1.82, 2.24) is 10.2 Å². The first kappa shape index (κ1) is 21.3. The zero-order valence-electron chi connectivity index (χ0n) is 17.5. The summed E-state index contributed by atoms with van der Waals surface area (Å²) in [6, 6.07) is 23.6. The average Bonchev–Trinajstić information content (AvgIpc) is 2.76. The molecule has 0 saturated heterocycles. The summed E-state index contributed by atoms with van der Waals surface area (Å²) >= 11 is 0. The van der Waals surface area contributed by atoms with Crippen LogP contribution >= 0.6 is 0 Å². The largest absolute Gasteiger partial charge is 0.457 e. The summed E-state index contributed by atoms with van der Waals surface area (Å²) in [5, 5.41) is 6.88. The van der Waals surface area contributed by atoms with Crippen molar-refractivity contribution in [3.05, 3.63) is 94.8 Å². The number of rotatable bonds is 6. The Morgan fingerprint density at radius 3 is 2.41 bits per heavy atom. The Kier molecular flexibility index (Phi) is 5.79. The van der Waals surface area contributed by atoms with Crippen molar-refractivity contribution in [2.75, 3.05) is 11.0 Å². The molecule has 3 aromatic carbocycles. The zero-order valence-corrected chi connectivity index (χ0v) is 18.3. The van der Waals surface area contributed by atoms with Gasteiger partial charge in [-0.05, 0) is 48.9 Å². The third kappa shape index (κ3) is 4.70. The first-order valence-electron chi connectivity index (χ1n) is 9.81. The van der Waals surface area contributed by atoms with Gasteiger partial charge >= 0.3 is 0 Å². The Morgan fingerprint density at radius 1 is 0.938 bits per heavy atom. The van der Waals surface area contributed by atoms with Gasteiger partial charge in [0.15, 0.2) is 0 Å². The maximum atomic E-state index is 12.4. The molecule has 1 heterocycles. The normalized spacial score (nSPS) is 11.2. The topological polar surface area (TPSA) is 101 Å². The number of para-hydroxylation sites is 2. The predicted octanol–water partition coefficient (Wildman–Crippen LogP) is 4.58. The molecule has 162 valence electrons. The van der Waals surface area contributed by atoms with Crippen molar-refractivity contribution >= 4 is 15.7 Å². The lowest BCUT2D eigenvalue weighted by atomic mass is 9.95. The number of hydrogen-bond donors (Lipinski definition) is 2. The van der Waals surface area contributed by atoms with Crippen LogP contribution in [0.15, 0.2) is 83.7 Å². The van der Waals surface area contributed by atoms with Gasteiger partial charge in [-0.1, -0.05) is 42.5 Å². The van der Waals surface area contributed by atoms with Gasteiger partial charge in [-0.15, -0.1) is 0 Å². The van der Waals surface area contributed by atoms with Crippen LogP contribution in [0, 0.1) is 6.92 Å². The van der Waals surface area contributed by atoms with Crippen LogP contribution in [0.4, 0.5) is 5.69 Å². The summed E-state index contributed by atoms with van der Waals surface area (Å²) in [5.74, 6) is 1.24. The summed E-state index contributed by atoms with van der Waals surface area (Å²) in [5.41, 5.74) is 2.98. The minimum absolute atomic E-state index is 0.327. The Morgan fingerprint density at radius 2 is 1.66 bits per heavy atom. The fourth-order valence-corrected chi connectivity index (χ4v) is 3.96. The molecule has 0 aliphatic rings. The highest BCUT2D eigenvalue weighted by atomic mass is 32.2. The second-order valence-electron chi connectivity index (χ2n) is 7.27. The van der Waals surface area contributed by atoms with Crippen molar-refractivity contribution in [2.24, 2.45) is 0 Å². The fraction of sp³-hybridized carbons (Fsp3) is 0.0833. The number of ether oxygens (including phenoxy) is 1. The highest BCUT2D eigenvalue weighted by Crippen LogP contribution is 2.38. The lowest BCUT2D eigenvalue weighted by Crippen LogP contribution is -2.14. The van der Waals surface area contributed by atoms with Gasteiger partial charge in [-0.2, -0.15) is 5.10 Å². The van der Waals surface area contributed by atoms with E-state index in [-0.39, 0.29) is 5.56 Å². The van der Waals surface area contributed by atoms with E-state index in [4.69, 9.17) is 4.74 Å². The monoisotopic (exact) mass is 447 g/mol. The Bertz CT molecular complexity index is 1430. The van der Waals surface area contributed by atoms with Crippen LogP contribution in [0.1, 0.15) is 5.56 Å². The Hall–Kier alpha value is -3.91. The van der Waals surface area contributed by atoms with Gasteiger partial charge in [0.05, 0.1) is 6.26 Å². The first-order chi connectivity index (χ1) is 15.3. The van der Waals surface area contributed by atoms with Crippen molar-refractivity contribution < 1.29 is 13.2 Å². The van der Waals surface area contributed by atoms with E-state index in [0.717, 1.165) is 6.26 Å². The number of hydrogen-bond acceptors (Lipinski definition) is 5. The molecule has 7 nitrogen and oxygen atoms in total. The molecule has 4 aromatic rings. The van der Waals surface area contributed by atoms with E-state index in [1.165, 1.54) is 0 Å². The first-order valence-corrected chi connectivity index (χ1v) is 11.7. The molecule has 0 unspecified atom stereocenters. The summed E-state index contributed by atoms with van der Waals surface area (Å²) < 4.78 is 31.9. The number of H-pyrrole nitrogens is 1. The van der Waals surface area contributed by atoms with Crippen LogP contribution in [0.3, 0.4) is 0 Å². The standard InChI is InChI=1S/C24H21N3O4S/c1-16-22(17-9-8-10-18(15-17)27-32(2,29)30)23(25-26-24(16)28)20-13-6-7-14-21(20)31-19-11-4-3-5-12-19/h3-15,27H,1-2H3,(H,26,28). The molecule has 0 atom stereocenters. The number of nitrogens with one attached hydrogen (secondary N) is 2. The number of sulfonamides is 1. The van der Waals surface area contributed by atoms with Gasteiger partial charge in [0.1, 0.15) is 17.2 Å². The van der Waals surface area contributed by atoms with Gasteiger partial charge in [0.2, 0.25) is 10.0 Å². The maximum absolute atomic E-state index is 12.4. The van der Waals surface area contributed by atoms with Crippen LogP contribution in [-0.4, -0.2) is 24.9 Å². The smallest absolute Gasteiger partial charge is 0.267 e. The number of aromatic nitrogens is 2.